The zero-order chi connectivity index (χ0) is 79.7. The van der Waals surface area contributed by atoms with E-state index in [2.05, 4.69) is 520 Å². The summed E-state index contributed by atoms with van der Waals surface area (Å²) in [6.45, 7) is 0. The number of hydrogen-bond acceptors (Lipinski definition) is 3. The molecule has 0 spiro atoms. The van der Waals surface area contributed by atoms with Crippen molar-refractivity contribution in [3.05, 3.63) is 510 Å². The number of aromatic nitrogens is 2. The molecule has 19 aromatic carbocycles. The van der Waals surface area contributed by atoms with E-state index in [1.165, 1.54) is 127 Å². The topological polar surface area (TPSA) is 38.9 Å². The van der Waals surface area contributed by atoms with E-state index in [0.717, 1.165) is 11.1 Å². The number of hydrogen-bond donors (Lipinski definition) is 0. The third kappa shape index (κ3) is 13.6. The maximum atomic E-state index is 6.42. The van der Waals surface area contributed by atoms with Gasteiger partial charge in [0.25, 0.3) is 0 Å². The molecule has 0 aliphatic heterocycles. The van der Waals surface area contributed by atoms with Crippen LogP contribution in [0.15, 0.2) is 514 Å². The van der Waals surface area contributed by atoms with Crippen molar-refractivity contribution in [1.82, 2.24) is 10.2 Å². The summed E-state index contributed by atoms with van der Waals surface area (Å²) >= 11 is 0. The minimum atomic E-state index is -2.67. The zero-order valence-electron chi connectivity index (χ0n) is 65.8. The van der Waals surface area contributed by atoms with E-state index in [0.29, 0.717) is 11.8 Å². The minimum absolute atomic E-state index is 0.499. The van der Waals surface area contributed by atoms with Crippen molar-refractivity contribution < 1.29 is 4.42 Å². The molecule has 7 heteroatoms. The number of rotatable bonds is 20. The Morgan fingerprint density at radius 1 is 0.126 bits per heavy atom. The van der Waals surface area contributed by atoms with Crippen LogP contribution in [0.25, 0.3) is 66.7 Å². The summed E-state index contributed by atoms with van der Waals surface area (Å²) in [7, 11) is -10.6. The molecule has 0 amide bonds. The van der Waals surface area contributed by atoms with Crippen LogP contribution >= 0.6 is 0 Å². The van der Waals surface area contributed by atoms with Crippen molar-refractivity contribution in [3.63, 3.8) is 0 Å². The molecule has 564 valence electrons. The Bertz CT molecular complexity index is 5890. The fourth-order valence-corrected chi connectivity index (χ4v) is 37.9. The zero-order valence-corrected chi connectivity index (χ0v) is 69.8. The molecule has 0 radical (unpaired) electrons. The monoisotopic (exact) mass is 1580 g/mol. The summed E-state index contributed by atoms with van der Waals surface area (Å²) in [6, 6.07) is 188. The summed E-state index contributed by atoms with van der Waals surface area (Å²) in [4.78, 5) is 0. The van der Waals surface area contributed by atoms with Gasteiger partial charge in [-0.2, -0.15) is 0 Å². The normalized spacial score (nSPS) is 11.7. The van der Waals surface area contributed by atoms with E-state index >= 15 is 0 Å². The van der Waals surface area contributed by atoms with Crippen LogP contribution in [0, 0.1) is 0 Å². The summed E-state index contributed by atoms with van der Waals surface area (Å²) in [5.41, 5.74) is 6.76. The molecule has 0 fully saturated rings. The Labute approximate surface area is 700 Å². The Morgan fingerprint density at radius 2 is 0.252 bits per heavy atom. The summed E-state index contributed by atoms with van der Waals surface area (Å²) in [5.74, 6) is 0.997. The summed E-state index contributed by atoms with van der Waals surface area (Å²) < 4.78 is 6.42. The lowest BCUT2D eigenvalue weighted by molar-refractivity contribution is 0.584. The maximum absolute atomic E-state index is 6.42. The molecule has 0 bridgehead atoms. The van der Waals surface area contributed by atoms with Gasteiger partial charge in [-0.1, -0.05) is 485 Å². The molecule has 3 nitrogen and oxygen atoms in total. The van der Waals surface area contributed by atoms with E-state index in [4.69, 9.17) is 4.42 Å². The van der Waals surface area contributed by atoms with Gasteiger partial charge in [0.2, 0.25) is 11.8 Å². The predicted octanol–water partition coefficient (Wildman–Crippen LogP) is 16.2. The van der Waals surface area contributed by atoms with Crippen LogP contribution in [0.5, 0.6) is 0 Å². The highest BCUT2D eigenvalue weighted by Crippen LogP contribution is 2.44. The van der Waals surface area contributed by atoms with E-state index in [1.807, 2.05) is 0 Å². The molecule has 20 rings (SSSR count). The molecule has 119 heavy (non-hydrogen) atoms. The molecular weight excluding hydrogens is 1500 g/mol. The second-order valence-corrected chi connectivity index (χ2v) is 45.7. The van der Waals surface area contributed by atoms with Crippen molar-refractivity contribution in [3.8, 4) is 45.2 Å². The van der Waals surface area contributed by atoms with Gasteiger partial charge in [-0.3, -0.25) is 0 Å². The fourth-order valence-electron chi connectivity index (χ4n) is 19.0. The van der Waals surface area contributed by atoms with Crippen LogP contribution in [0.3, 0.4) is 0 Å². The van der Waals surface area contributed by atoms with Crippen LogP contribution in [0.1, 0.15) is 0 Å². The van der Waals surface area contributed by atoms with Gasteiger partial charge in [0.15, 0.2) is 32.3 Å². The van der Waals surface area contributed by atoms with Crippen molar-refractivity contribution in [1.29, 1.82) is 0 Å². The average Bonchev–Trinajstić information content (AvgIpc) is 1.47. The molecule has 0 N–H and O–H groups in total. The quantitative estimate of drug-likeness (QED) is 0.0434. The van der Waals surface area contributed by atoms with E-state index in [-0.39, 0.29) is 0 Å². The summed E-state index contributed by atoms with van der Waals surface area (Å²) in [6.07, 6.45) is 0. The molecule has 0 saturated heterocycles. The Morgan fingerprint density at radius 3 is 0.403 bits per heavy atom. The molecule has 0 saturated carbocycles. The fraction of sp³-hybridized carbons (Fsp3) is 0. The van der Waals surface area contributed by atoms with Gasteiger partial charge in [0, 0.05) is 11.1 Å². The highest BCUT2D eigenvalue weighted by molar-refractivity contribution is 7.22. The van der Waals surface area contributed by atoms with Gasteiger partial charge >= 0.3 is 0 Å². The first kappa shape index (κ1) is 74.8. The number of benzene rings is 19. The second-order valence-electron chi connectivity index (χ2n) is 30.5. The third-order valence-electron chi connectivity index (χ3n) is 24.2. The van der Waals surface area contributed by atoms with Crippen LogP contribution in [0.4, 0.5) is 0 Å². The molecule has 0 aliphatic rings. The van der Waals surface area contributed by atoms with Crippen molar-refractivity contribution >= 4 is 137 Å². The van der Waals surface area contributed by atoms with Gasteiger partial charge in [-0.15, -0.1) is 10.2 Å². The highest BCUT2D eigenvalue weighted by atomic mass is 28.3. The standard InChI is InChI=1S/C62H46Si2.C50H38N2OSi2/c1-7-23-49(24-8-1)63(50-25-9-2-10-26-50,51-27-11-3-12-28-51)55-43-39-47(40-44-55)61-57-35-19-21-37-59(57)62(60-38-22-20-36-58(60)61)48-41-45-56(46-42-48)64(52-29-13-4-14-30-52,53-31-15-5-16-32-53)54-33-17-6-18-34-54;1-7-19-41(20-8-1)54(42-21-9-2-10-22-42,43-23-11-3-12-24-43)47-35-31-39(32-36-47)49-51-52-50(53-49)40-33-37-48(38-34-40)55(44-25-13-4-14-26-44,45-27-15-5-16-28-45)46-29-17-6-18-30-46/h1-46H;1-38H. The third-order valence-corrected chi connectivity index (χ3v) is 43.4. The average molecular weight is 1590 g/mol. The molecule has 0 unspecified atom stereocenters. The molecule has 0 atom stereocenters. The van der Waals surface area contributed by atoms with Gasteiger partial charge < -0.3 is 4.42 Å². The van der Waals surface area contributed by atoms with Crippen molar-refractivity contribution in [2.75, 3.05) is 0 Å². The largest absolute Gasteiger partial charge is 0.416 e. The van der Waals surface area contributed by atoms with Gasteiger partial charge in [-0.25, -0.2) is 0 Å². The molecular formula is C112H84N2OSi4. The van der Waals surface area contributed by atoms with Crippen LogP contribution in [-0.2, 0) is 0 Å². The Kier molecular flexibility index (Phi) is 21.1. The summed E-state index contributed by atoms with van der Waals surface area (Å²) in [5, 5.41) is 35.7. The molecule has 1 aromatic heterocycles. The van der Waals surface area contributed by atoms with Gasteiger partial charge in [-0.05, 0) is 151 Å². The predicted molar refractivity (Wildman–Crippen MR) is 512 cm³/mol. The Balaban J connectivity index is 0.000000160. The lowest BCUT2D eigenvalue weighted by Gasteiger charge is -2.34. The van der Waals surface area contributed by atoms with Gasteiger partial charge in [0.05, 0.1) is 0 Å². The lowest BCUT2D eigenvalue weighted by atomic mass is 9.86. The maximum Gasteiger partial charge on any atom is 0.248 e. The number of fused-ring (bicyclic) bond motifs is 2. The second kappa shape index (κ2) is 33.5. The Hall–Kier alpha value is -14.3. The van der Waals surface area contributed by atoms with Crippen molar-refractivity contribution in [2.45, 2.75) is 0 Å². The minimum Gasteiger partial charge on any atom is -0.416 e. The lowest BCUT2D eigenvalue weighted by Crippen LogP contribution is -2.74. The van der Waals surface area contributed by atoms with E-state index < -0.39 is 32.3 Å². The SMILES string of the molecule is c1ccc([Si](c2ccccc2)(c2ccccc2)c2ccc(-c3c4ccccc4c(-c4ccc([Si](c5ccccc5)(c5ccccc5)c5ccccc5)cc4)c4ccccc34)cc2)cc1.c1ccc([Si](c2ccccc2)(c2ccccc2)c2ccc(-c3nnc(-c4ccc([Si](c5ccccc5)(c5ccccc5)c5ccccc5)cc4)o3)cc2)cc1. The van der Waals surface area contributed by atoms with Crippen molar-refractivity contribution in [2.24, 2.45) is 0 Å². The van der Waals surface area contributed by atoms with Crippen LogP contribution in [-0.4, -0.2) is 42.5 Å². The first-order valence-electron chi connectivity index (χ1n) is 40.9. The first-order chi connectivity index (χ1) is 59.0. The smallest absolute Gasteiger partial charge is 0.248 e. The number of nitrogens with zero attached hydrogens (tertiary/aromatic N) is 2. The highest BCUT2D eigenvalue weighted by Gasteiger charge is 2.45. The van der Waals surface area contributed by atoms with E-state index in [1.54, 1.807) is 0 Å². The first-order valence-corrected chi connectivity index (χ1v) is 48.9. The molecule has 20 aromatic rings. The van der Waals surface area contributed by atoms with Crippen LogP contribution in [0.2, 0.25) is 0 Å². The molecule has 0 aliphatic carbocycles. The van der Waals surface area contributed by atoms with Gasteiger partial charge in [0.1, 0.15) is 0 Å². The van der Waals surface area contributed by atoms with Crippen LogP contribution < -0.4 is 83.0 Å². The molecule has 1 heterocycles. The van der Waals surface area contributed by atoms with E-state index in [9.17, 15) is 0 Å².